The van der Waals surface area contributed by atoms with Crippen LogP contribution in [0.1, 0.15) is 40.6 Å². The zero-order valence-corrected chi connectivity index (χ0v) is 19.8. The Morgan fingerprint density at radius 2 is 1.77 bits per heavy atom. The Labute approximate surface area is 207 Å². The van der Waals surface area contributed by atoms with Gasteiger partial charge in [0.05, 0.1) is 29.3 Å². The number of nitriles is 1. The van der Waals surface area contributed by atoms with Crippen molar-refractivity contribution < 1.29 is 9.53 Å². The molecule has 5 rings (SSSR count). The van der Waals surface area contributed by atoms with E-state index in [0.717, 1.165) is 38.9 Å². The minimum absolute atomic E-state index is 0.180. The Kier molecular flexibility index (Phi) is 6.38. The standard InChI is InChI=1S/C28H22N4O2S/c1-18-25(27-31-24(17-35-27)21-9-7-19(15-29)8-10-21)26(32-28(33)30-18)22-11-13-23(14-12-22)34-16-20-5-3-2-4-6-20/h2-14,17,25-26H,16H2,1H3,(H,32,33). The highest BCUT2D eigenvalue weighted by Crippen LogP contribution is 2.38. The van der Waals surface area contributed by atoms with Crippen LogP contribution in [-0.4, -0.2) is 16.7 Å². The molecule has 2 unspecified atom stereocenters. The summed E-state index contributed by atoms with van der Waals surface area (Å²) in [5.74, 6) is 0.583. The first-order valence-electron chi connectivity index (χ1n) is 11.2. The third-order valence-corrected chi connectivity index (χ3v) is 6.85. The van der Waals surface area contributed by atoms with Gasteiger partial charge in [-0.1, -0.05) is 54.6 Å². The van der Waals surface area contributed by atoms with E-state index in [1.165, 1.54) is 0 Å². The second kappa shape index (κ2) is 9.92. The molecule has 7 heteroatoms. The van der Waals surface area contributed by atoms with E-state index in [0.29, 0.717) is 12.2 Å². The molecule has 0 bridgehead atoms. The van der Waals surface area contributed by atoms with Crippen LogP contribution in [0.4, 0.5) is 4.79 Å². The van der Waals surface area contributed by atoms with Crippen LogP contribution < -0.4 is 10.1 Å². The summed E-state index contributed by atoms with van der Waals surface area (Å²) in [5, 5.41) is 14.9. The lowest BCUT2D eigenvalue weighted by molar-refractivity contribution is 0.243. The van der Waals surface area contributed by atoms with Crippen LogP contribution in [0.3, 0.4) is 0 Å². The number of carbonyl (C=O) groups excluding carboxylic acids is 1. The maximum atomic E-state index is 12.3. The first-order valence-corrected chi connectivity index (χ1v) is 12.1. The molecular formula is C28H22N4O2S. The number of benzene rings is 3. The Bertz CT molecular complexity index is 1400. The van der Waals surface area contributed by atoms with Crippen LogP contribution >= 0.6 is 11.3 Å². The van der Waals surface area contributed by atoms with Gasteiger partial charge in [-0.05, 0) is 42.3 Å². The fourth-order valence-electron chi connectivity index (χ4n) is 4.11. The van der Waals surface area contributed by atoms with Crippen LogP contribution in [0.2, 0.25) is 0 Å². The number of rotatable bonds is 6. The van der Waals surface area contributed by atoms with E-state index >= 15 is 0 Å². The van der Waals surface area contributed by atoms with Gasteiger partial charge in [-0.25, -0.2) is 14.8 Å². The van der Waals surface area contributed by atoms with Crippen molar-refractivity contribution in [3.63, 3.8) is 0 Å². The van der Waals surface area contributed by atoms with E-state index in [2.05, 4.69) is 16.4 Å². The fourth-order valence-corrected chi connectivity index (χ4v) is 5.13. The minimum Gasteiger partial charge on any atom is -0.489 e. The number of hydrogen-bond acceptors (Lipinski definition) is 5. The molecule has 1 aliphatic rings. The van der Waals surface area contributed by atoms with Crippen LogP contribution in [-0.2, 0) is 6.61 Å². The zero-order valence-electron chi connectivity index (χ0n) is 19.0. The van der Waals surface area contributed by atoms with E-state index < -0.39 is 0 Å². The van der Waals surface area contributed by atoms with E-state index in [9.17, 15) is 4.79 Å². The molecule has 3 aromatic carbocycles. The quantitative estimate of drug-likeness (QED) is 0.354. The van der Waals surface area contributed by atoms with Crippen LogP contribution in [0, 0.1) is 11.3 Å². The van der Waals surface area contributed by atoms with E-state index in [4.69, 9.17) is 15.0 Å². The highest BCUT2D eigenvalue weighted by molar-refractivity contribution is 7.10. The predicted molar refractivity (Wildman–Crippen MR) is 137 cm³/mol. The topological polar surface area (TPSA) is 87.4 Å². The molecule has 0 aliphatic carbocycles. The molecule has 2 heterocycles. The van der Waals surface area contributed by atoms with Crippen molar-refractivity contribution in [3.05, 3.63) is 106 Å². The number of amides is 2. The molecule has 172 valence electrons. The highest BCUT2D eigenvalue weighted by atomic mass is 32.1. The number of ether oxygens (including phenoxy) is 1. The molecule has 1 aromatic heterocycles. The third kappa shape index (κ3) is 4.98. The number of nitrogens with zero attached hydrogens (tertiary/aromatic N) is 3. The molecule has 0 saturated carbocycles. The Morgan fingerprint density at radius 3 is 2.49 bits per heavy atom. The predicted octanol–water partition coefficient (Wildman–Crippen LogP) is 6.27. The largest absolute Gasteiger partial charge is 0.489 e. The van der Waals surface area contributed by atoms with Crippen molar-refractivity contribution in [2.24, 2.45) is 4.99 Å². The van der Waals surface area contributed by atoms with Gasteiger partial charge >= 0.3 is 6.03 Å². The summed E-state index contributed by atoms with van der Waals surface area (Å²) in [7, 11) is 0. The van der Waals surface area contributed by atoms with Crippen LogP contribution in [0.5, 0.6) is 5.75 Å². The zero-order chi connectivity index (χ0) is 24.2. The van der Waals surface area contributed by atoms with Crippen LogP contribution in [0.15, 0.2) is 89.2 Å². The lowest BCUT2D eigenvalue weighted by atomic mass is 9.88. The molecule has 6 nitrogen and oxygen atoms in total. The molecule has 1 N–H and O–H groups in total. The van der Waals surface area contributed by atoms with Gasteiger partial charge in [0, 0.05) is 16.7 Å². The van der Waals surface area contributed by atoms with Gasteiger partial charge in [0.2, 0.25) is 0 Å². The molecular weight excluding hydrogens is 456 g/mol. The summed E-state index contributed by atoms with van der Waals surface area (Å²) in [6.45, 7) is 2.36. The summed E-state index contributed by atoms with van der Waals surface area (Å²) >= 11 is 1.54. The van der Waals surface area contributed by atoms with Gasteiger partial charge in [0.1, 0.15) is 17.4 Å². The summed E-state index contributed by atoms with van der Waals surface area (Å²) in [6.07, 6.45) is 0. The van der Waals surface area contributed by atoms with Crippen LogP contribution in [0.25, 0.3) is 11.3 Å². The molecule has 0 saturated heterocycles. The van der Waals surface area contributed by atoms with Crippen molar-refractivity contribution in [1.29, 1.82) is 5.26 Å². The number of nitrogens with one attached hydrogen (secondary N) is 1. The van der Waals surface area contributed by atoms with Crippen molar-refractivity contribution in [3.8, 4) is 23.1 Å². The van der Waals surface area contributed by atoms with Gasteiger partial charge in [-0.2, -0.15) is 5.26 Å². The first kappa shape index (κ1) is 22.5. The van der Waals surface area contributed by atoms with E-state index in [-0.39, 0.29) is 18.0 Å². The van der Waals surface area contributed by atoms with Gasteiger partial charge in [0.15, 0.2) is 0 Å². The maximum Gasteiger partial charge on any atom is 0.341 e. The lowest BCUT2D eigenvalue weighted by Gasteiger charge is -2.30. The molecule has 2 amide bonds. The lowest BCUT2D eigenvalue weighted by Crippen LogP contribution is -2.38. The number of aliphatic imine (C=N–C) groups is 1. The summed E-state index contributed by atoms with van der Waals surface area (Å²) in [6, 6.07) is 26.7. The summed E-state index contributed by atoms with van der Waals surface area (Å²) < 4.78 is 5.92. The highest BCUT2D eigenvalue weighted by Gasteiger charge is 2.35. The number of hydrogen-bond donors (Lipinski definition) is 1. The smallest absolute Gasteiger partial charge is 0.341 e. The molecule has 35 heavy (non-hydrogen) atoms. The van der Waals surface area contributed by atoms with Gasteiger partial charge in [0.25, 0.3) is 0 Å². The Balaban J connectivity index is 1.38. The third-order valence-electron chi connectivity index (χ3n) is 5.93. The van der Waals surface area contributed by atoms with Gasteiger partial charge < -0.3 is 10.1 Å². The average Bonchev–Trinajstić information content (AvgIpc) is 3.38. The van der Waals surface area contributed by atoms with Gasteiger partial charge in [-0.3, -0.25) is 0 Å². The molecule has 1 aliphatic heterocycles. The average molecular weight is 479 g/mol. The number of thiazole rings is 1. The normalized spacial score (nSPS) is 17.3. The second-order valence-electron chi connectivity index (χ2n) is 8.26. The minimum atomic E-state index is -0.350. The molecule has 0 spiro atoms. The molecule has 0 radical (unpaired) electrons. The monoisotopic (exact) mass is 478 g/mol. The SMILES string of the molecule is CC1=NC(=O)NC(c2ccc(OCc3ccccc3)cc2)C1c1nc(-c2ccc(C#N)cc2)cs1. The van der Waals surface area contributed by atoms with Gasteiger partial charge in [-0.15, -0.1) is 11.3 Å². The van der Waals surface area contributed by atoms with Crippen molar-refractivity contribution in [2.75, 3.05) is 0 Å². The molecule has 4 aromatic rings. The first-order chi connectivity index (χ1) is 17.1. The second-order valence-corrected chi connectivity index (χ2v) is 9.15. The number of aromatic nitrogens is 1. The number of urea groups is 1. The molecule has 2 atom stereocenters. The Hall–Kier alpha value is -4.28. The maximum absolute atomic E-state index is 12.3. The molecule has 0 fully saturated rings. The van der Waals surface area contributed by atoms with Crippen molar-refractivity contribution in [2.45, 2.75) is 25.5 Å². The number of carbonyl (C=O) groups is 1. The van der Waals surface area contributed by atoms with E-state index in [1.54, 1.807) is 23.5 Å². The van der Waals surface area contributed by atoms with E-state index in [1.807, 2.05) is 79.0 Å². The van der Waals surface area contributed by atoms with Crippen molar-refractivity contribution >= 4 is 23.1 Å². The summed E-state index contributed by atoms with van der Waals surface area (Å²) in [4.78, 5) is 21.3. The Morgan fingerprint density at radius 1 is 1.03 bits per heavy atom. The van der Waals surface area contributed by atoms with Crippen molar-refractivity contribution in [1.82, 2.24) is 10.3 Å². The fraction of sp³-hybridized carbons (Fsp3) is 0.143. The summed E-state index contributed by atoms with van der Waals surface area (Å²) in [5.41, 5.74) is 5.17.